The number of anilines is 1. The van der Waals surface area contributed by atoms with Crippen LogP contribution in [0.2, 0.25) is 10.0 Å². The number of carbonyl (C=O) groups excluding carboxylic acids is 3. The Labute approximate surface area is 237 Å². The van der Waals surface area contributed by atoms with Gasteiger partial charge in [0.1, 0.15) is 5.75 Å². The zero-order valence-corrected chi connectivity index (χ0v) is 21.8. The second kappa shape index (κ2) is 12.7. The van der Waals surface area contributed by atoms with Gasteiger partial charge in [-0.05, 0) is 66.7 Å². The third-order valence-electron chi connectivity index (χ3n) is 5.39. The van der Waals surface area contributed by atoms with E-state index in [4.69, 9.17) is 27.9 Å². The highest BCUT2D eigenvalue weighted by Crippen LogP contribution is 2.24. The van der Waals surface area contributed by atoms with Crippen LogP contribution in [-0.2, 0) is 0 Å². The number of rotatable bonds is 8. The molecule has 40 heavy (non-hydrogen) atoms. The van der Waals surface area contributed by atoms with E-state index < -0.39 is 22.7 Å². The normalized spacial score (nSPS) is 10.7. The molecule has 0 aromatic heterocycles. The number of non-ortho nitro benzene ring substituents is 1. The van der Waals surface area contributed by atoms with Crippen molar-refractivity contribution in [2.75, 3.05) is 5.32 Å². The first-order chi connectivity index (χ1) is 19.2. The van der Waals surface area contributed by atoms with E-state index in [1.807, 2.05) is 0 Å². The topological polar surface area (TPSA) is 140 Å². The van der Waals surface area contributed by atoms with Crippen LogP contribution in [0.5, 0.6) is 5.75 Å². The number of hydrazone groups is 1. The van der Waals surface area contributed by atoms with Gasteiger partial charge in [-0.15, -0.1) is 0 Å². The van der Waals surface area contributed by atoms with E-state index in [0.717, 1.165) is 0 Å². The van der Waals surface area contributed by atoms with Crippen molar-refractivity contribution in [3.63, 3.8) is 0 Å². The largest absolute Gasteiger partial charge is 0.422 e. The standard InChI is InChI=1S/C28H18Cl2N4O6/c29-20-9-14-23(24(30)15-20)28(37)40-25-4-2-1-3-19(25)16-31-33-27(36)18-5-10-21(11-6-18)32-26(35)17-7-12-22(13-8-17)34(38)39/h1-16H,(H,32,35)(H,33,36)/b31-16-. The number of amides is 2. The number of esters is 1. The Morgan fingerprint density at radius 2 is 1.50 bits per heavy atom. The molecule has 0 spiro atoms. The van der Waals surface area contributed by atoms with E-state index in [0.29, 0.717) is 16.3 Å². The van der Waals surface area contributed by atoms with Gasteiger partial charge < -0.3 is 10.1 Å². The zero-order valence-electron chi connectivity index (χ0n) is 20.3. The zero-order chi connectivity index (χ0) is 28.6. The fraction of sp³-hybridized carbons (Fsp3) is 0. The second-order valence-electron chi connectivity index (χ2n) is 8.09. The summed E-state index contributed by atoms with van der Waals surface area (Å²) < 4.78 is 5.45. The molecule has 200 valence electrons. The highest BCUT2D eigenvalue weighted by molar-refractivity contribution is 6.36. The van der Waals surface area contributed by atoms with Crippen LogP contribution in [-0.4, -0.2) is 28.9 Å². The van der Waals surface area contributed by atoms with E-state index in [1.165, 1.54) is 72.9 Å². The van der Waals surface area contributed by atoms with Gasteiger partial charge >= 0.3 is 5.97 Å². The minimum Gasteiger partial charge on any atom is -0.422 e. The van der Waals surface area contributed by atoms with Crippen LogP contribution in [0.25, 0.3) is 0 Å². The van der Waals surface area contributed by atoms with Crippen molar-refractivity contribution >= 4 is 58.6 Å². The number of nitro groups is 1. The minimum atomic E-state index is -0.688. The molecule has 0 saturated carbocycles. The van der Waals surface area contributed by atoms with Gasteiger partial charge in [-0.2, -0.15) is 5.10 Å². The highest BCUT2D eigenvalue weighted by Gasteiger charge is 2.15. The summed E-state index contributed by atoms with van der Waals surface area (Å²) in [5.74, 6) is -1.47. The van der Waals surface area contributed by atoms with Crippen LogP contribution in [0.3, 0.4) is 0 Å². The predicted molar refractivity (Wildman–Crippen MR) is 150 cm³/mol. The summed E-state index contributed by atoms with van der Waals surface area (Å²) in [7, 11) is 0. The van der Waals surface area contributed by atoms with Gasteiger partial charge in [-0.1, -0.05) is 35.3 Å². The number of halogens is 2. The Morgan fingerprint density at radius 1 is 0.850 bits per heavy atom. The average molecular weight is 577 g/mol. The highest BCUT2D eigenvalue weighted by atomic mass is 35.5. The van der Waals surface area contributed by atoms with Crippen LogP contribution >= 0.6 is 23.2 Å². The third-order valence-corrected chi connectivity index (χ3v) is 5.94. The number of hydrogen-bond acceptors (Lipinski definition) is 7. The molecule has 2 amide bonds. The average Bonchev–Trinajstić information content (AvgIpc) is 2.94. The molecular formula is C28H18Cl2N4O6. The van der Waals surface area contributed by atoms with E-state index in [-0.39, 0.29) is 33.1 Å². The van der Waals surface area contributed by atoms with E-state index in [1.54, 1.807) is 24.3 Å². The summed E-state index contributed by atoms with van der Waals surface area (Å²) in [6.45, 7) is 0. The van der Waals surface area contributed by atoms with Crippen LogP contribution in [0, 0.1) is 10.1 Å². The van der Waals surface area contributed by atoms with Crippen molar-refractivity contribution in [1.82, 2.24) is 5.43 Å². The molecule has 0 bridgehead atoms. The molecule has 12 heteroatoms. The third kappa shape index (κ3) is 7.07. The molecule has 0 aliphatic carbocycles. The first-order valence-electron chi connectivity index (χ1n) is 11.5. The molecule has 4 aromatic rings. The molecule has 0 fully saturated rings. The fourth-order valence-electron chi connectivity index (χ4n) is 3.36. The molecule has 0 heterocycles. The van der Waals surface area contributed by atoms with Crippen LogP contribution < -0.4 is 15.5 Å². The summed E-state index contributed by atoms with van der Waals surface area (Å²) in [5.41, 5.74) is 3.75. The van der Waals surface area contributed by atoms with E-state index >= 15 is 0 Å². The summed E-state index contributed by atoms with van der Waals surface area (Å²) in [6.07, 6.45) is 1.32. The van der Waals surface area contributed by atoms with E-state index in [9.17, 15) is 24.5 Å². The first kappa shape index (κ1) is 28.0. The van der Waals surface area contributed by atoms with Gasteiger partial charge in [-0.3, -0.25) is 19.7 Å². The van der Waals surface area contributed by atoms with E-state index in [2.05, 4.69) is 15.8 Å². The number of nitrogens with zero attached hydrogens (tertiary/aromatic N) is 2. The summed E-state index contributed by atoms with van der Waals surface area (Å²) in [6, 6.07) is 22.2. The number of nitrogens with one attached hydrogen (secondary N) is 2. The molecule has 4 rings (SSSR count). The molecule has 0 radical (unpaired) electrons. The molecule has 0 aliphatic rings. The summed E-state index contributed by atoms with van der Waals surface area (Å²) in [4.78, 5) is 47.7. The van der Waals surface area contributed by atoms with Crippen molar-refractivity contribution in [3.8, 4) is 5.75 Å². The molecule has 0 saturated heterocycles. The fourth-order valence-corrected chi connectivity index (χ4v) is 3.84. The number of benzene rings is 4. The molecule has 0 unspecified atom stereocenters. The van der Waals surface area contributed by atoms with Gasteiger partial charge in [0.25, 0.3) is 17.5 Å². The Morgan fingerprint density at radius 3 is 2.17 bits per heavy atom. The quantitative estimate of drug-likeness (QED) is 0.0848. The van der Waals surface area contributed by atoms with Crippen molar-refractivity contribution < 1.29 is 24.0 Å². The number of carbonyl (C=O) groups is 3. The van der Waals surface area contributed by atoms with Crippen LogP contribution in [0.1, 0.15) is 36.6 Å². The predicted octanol–water partition coefficient (Wildman–Crippen LogP) is 6.14. The maximum Gasteiger partial charge on any atom is 0.345 e. The van der Waals surface area contributed by atoms with Gasteiger partial charge in [0.05, 0.1) is 21.7 Å². The molecular weight excluding hydrogens is 559 g/mol. The Balaban J connectivity index is 1.35. The smallest absolute Gasteiger partial charge is 0.345 e. The van der Waals surface area contributed by atoms with Gasteiger partial charge in [0.15, 0.2) is 0 Å². The number of ether oxygens (including phenoxy) is 1. The van der Waals surface area contributed by atoms with Gasteiger partial charge in [-0.25, -0.2) is 10.2 Å². The number of para-hydroxylation sites is 1. The summed E-state index contributed by atoms with van der Waals surface area (Å²) >= 11 is 12.0. The lowest BCUT2D eigenvalue weighted by atomic mass is 10.1. The lowest BCUT2D eigenvalue weighted by molar-refractivity contribution is -0.384. The maximum absolute atomic E-state index is 12.6. The van der Waals surface area contributed by atoms with Crippen molar-refractivity contribution in [1.29, 1.82) is 0 Å². The Kier molecular flexibility index (Phi) is 8.85. The molecule has 10 nitrogen and oxygen atoms in total. The molecule has 0 atom stereocenters. The summed E-state index contributed by atoms with van der Waals surface area (Å²) in [5, 5.41) is 17.9. The second-order valence-corrected chi connectivity index (χ2v) is 8.93. The van der Waals surface area contributed by atoms with Crippen molar-refractivity contribution in [2.24, 2.45) is 5.10 Å². The van der Waals surface area contributed by atoms with Crippen LogP contribution in [0.15, 0.2) is 96.1 Å². The SMILES string of the molecule is O=C(N/N=C\c1ccccc1OC(=O)c1ccc(Cl)cc1Cl)c1ccc(NC(=O)c2ccc([N+](=O)[O-])cc2)cc1. The lowest BCUT2D eigenvalue weighted by Crippen LogP contribution is -2.18. The molecule has 4 aromatic carbocycles. The molecule has 2 N–H and O–H groups in total. The monoisotopic (exact) mass is 576 g/mol. The van der Waals surface area contributed by atoms with Gasteiger partial charge in [0, 0.05) is 39.5 Å². The van der Waals surface area contributed by atoms with Crippen molar-refractivity contribution in [2.45, 2.75) is 0 Å². The van der Waals surface area contributed by atoms with Crippen molar-refractivity contribution in [3.05, 3.63) is 133 Å². The van der Waals surface area contributed by atoms with Crippen LogP contribution in [0.4, 0.5) is 11.4 Å². The number of hydrogen-bond donors (Lipinski definition) is 2. The number of nitro benzene ring substituents is 1. The first-order valence-corrected chi connectivity index (χ1v) is 12.2. The molecule has 0 aliphatic heterocycles. The lowest BCUT2D eigenvalue weighted by Gasteiger charge is -2.08. The van der Waals surface area contributed by atoms with Gasteiger partial charge in [0.2, 0.25) is 0 Å². The minimum absolute atomic E-state index is 0.123. The Hall–Kier alpha value is -5.06. The Bertz CT molecular complexity index is 1620. The maximum atomic E-state index is 12.6.